The summed E-state index contributed by atoms with van der Waals surface area (Å²) < 4.78 is 0. The van der Waals surface area contributed by atoms with E-state index in [1.54, 1.807) is 36.4 Å². The largest absolute Gasteiger partial charge is 0.285 e. The van der Waals surface area contributed by atoms with Gasteiger partial charge in [0.2, 0.25) is 11.6 Å². The summed E-state index contributed by atoms with van der Waals surface area (Å²) >= 11 is 0. The highest BCUT2D eigenvalue weighted by molar-refractivity contribution is 6.50. The van der Waals surface area contributed by atoms with Crippen molar-refractivity contribution in [3.05, 3.63) is 102 Å². The van der Waals surface area contributed by atoms with Gasteiger partial charge in [0.15, 0.2) is 0 Å². The standard InChI is InChI=1S/C23H15NO2/c25-22(17-9-2-1-3-10-17)23(26)19-12-6-5-11-18(19)21-15-14-16-8-4-7-13-20(16)24-21/h1-15H. The van der Waals surface area contributed by atoms with Crippen LogP contribution in [-0.4, -0.2) is 16.6 Å². The van der Waals surface area contributed by atoms with E-state index in [4.69, 9.17) is 0 Å². The van der Waals surface area contributed by atoms with Crippen LogP contribution in [0.1, 0.15) is 20.7 Å². The first-order chi connectivity index (χ1) is 12.7. The molecular formula is C23H15NO2. The summed E-state index contributed by atoms with van der Waals surface area (Å²) in [7, 11) is 0. The Hall–Kier alpha value is -3.59. The van der Waals surface area contributed by atoms with Crippen LogP contribution in [0.25, 0.3) is 22.2 Å². The highest BCUT2D eigenvalue weighted by Crippen LogP contribution is 2.25. The monoisotopic (exact) mass is 337 g/mol. The van der Waals surface area contributed by atoms with Gasteiger partial charge < -0.3 is 0 Å². The molecule has 0 aliphatic heterocycles. The van der Waals surface area contributed by atoms with Gasteiger partial charge in [0.1, 0.15) is 0 Å². The second-order valence-corrected chi connectivity index (χ2v) is 5.96. The number of ketones is 2. The topological polar surface area (TPSA) is 47.0 Å². The number of aromatic nitrogens is 1. The minimum Gasteiger partial charge on any atom is -0.285 e. The Morgan fingerprint density at radius 2 is 1.31 bits per heavy atom. The third-order valence-electron chi connectivity index (χ3n) is 4.29. The molecule has 0 saturated carbocycles. The normalized spacial score (nSPS) is 10.6. The van der Waals surface area contributed by atoms with Crippen molar-refractivity contribution < 1.29 is 9.59 Å². The van der Waals surface area contributed by atoms with Crippen LogP contribution in [0.3, 0.4) is 0 Å². The zero-order valence-electron chi connectivity index (χ0n) is 13.9. The molecule has 4 aromatic rings. The van der Waals surface area contributed by atoms with Crippen LogP contribution >= 0.6 is 0 Å². The van der Waals surface area contributed by atoms with Crippen molar-refractivity contribution in [3.63, 3.8) is 0 Å². The summed E-state index contributed by atoms with van der Waals surface area (Å²) in [5.74, 6) is -1.04. The number of para-hydroxylation sites is 1. The van der Waals surface area contributed by atoms with Crippen LogP contribution in [0.15, 0.2) is 91.0 Å². The van der Waals surface area contributed by atoms with Gasteiger partial charge in [0, 0.05) is 22.1 Å². The van der Waals surface area contributed by atoms with Gasteiger partial charge in [0.25, 0.3) is 0 Å². The molecule has 0 unspecified atom stereocenters. The summed E-state index contributed by atoms with van der Waals surface area (Å²) in [5, 5.41) is 1.03. The molecular weight excluding hydrogens is 322 g/mol. The molecule has 3 nitrogen and oxygen atoms in total. The third kappa shape index (κ3) is 2.91. The summed E-state index contributed by atoms with van der Waals surface area (Å²) in [6, 6.07) is 27.4. The minimum atomic E-state index is -0.526. The Morgan fingerprint density at radius 3 is 2.15 bits per heavy atom. The predicted molar refractivity (Wildman–Crippen MR) is 102 cm³/mol. The van der Waals surface area contributed by atoms with E-state index in [2.05, 4.69) is 4.98 Å². The highest BCUT2D eigenvalue weighted by Gasteiger charge is 2.21. The molecule has 0 saturated heterocycles. The van der Waals surface area contributed by atoms with Crippen molar-refractivity contribution in [1.82, 2.24) is 4.98 Å². The van der Waals surface area contributed by atoms with Crippen molar-refractivity contribution in [2.75, 3.05) is 0 Å². The zero-order valence-corrected chi connectivity index (χ0v) is 13.9. The zero-order chi connectivity index (χ0) is 17.9. The number of nitrogens with zero attached hydrogens (tertiary/aromatic N) is 1. The Balaban J connectivity index is 1.79. The second-order valence-electron chi connectivity index (χ2n) is 5.96. The molecule has 0 bridgehead atoms. The van der Waals surface area contributed by atoms with E-state index in [1.165, 1.54) is 0 Å². The lowest BCUT2D eigenvalue weighted by molar-refractivity contribution is 0.0817. The molecule has 0 fully saturated rings. The molecule has 0 N–H and O–H groups in total. The number of pyridine rings is 1. The van der Waals surface area contributed by atoms with E-state index in [0.717, 1.165) is 10.9 Å². The molecule has 0 aliphatic carbocycles. The molecule has 1 aromatic heterocycles. The Bertz CT molecular complexity index is 1120. The van der Waals surface area contributed by atoms with E-state index in [1.807, 2.05) is 54.6 Å². The molecule has 124 valence electrons. The summed E-state index contributed by atoms with van der Waals surface area (Å²) in [4.78, 5) is 30.1. The highest BCUT2D eigenvalue weighted by atomic mass is 16.2. The van der Waals surface area contributed by atoms with Crippen molar-refractivity contribution >= 4 is 22.5 Å². The predicted octanol–water partition coefficient (Wildman–Crippen LogP) is 4.97. The van der Waals surface area contributed by atoms with Gasteiger partial charge in [-0.1, -0.05) is 78.9 Å². The maximum Gasteiger partial charge on any atom is 0.234 e. The molecule has 4 rings (SSSR count). The average Bonchev–Trinajstić information content (AvgIpc) is 2.73. The molecule has 0 spiro atoms. The van der Waals surface area contributed by atoms with Crippen LogP contribution in [0.4, 0.5) is 0 Å². The number of hydrogen-bond acceptors (Lipinski definition) is 3. The summed E-state index contributed by atoms with van der Waals surface area (Å²) in [6.45, 7) is 0. The van der Waals surface area contributed by atoms with Gasteiger partial charge in [-0.05, 0) is 12.1 Å². The van der Waals surface area contributed by atoms with Crippen molar-refractivity contribution in [1.29, 1.82) is 0 Å². The number of rotatable bonds is 4. The number of benzene rings is 3. The summed E-state index contributed by atoms with van der Waals surface area (Å²) in [6.07, 6.45) is 0. The lowest BCUT2D eigenvalue weighted by Gasteiger charge is -2.09. The van der Waals surface area contributed by atoms with Gasteiger partial charge in [-0.2, -0.15) is 0 Å². The van der Waals surface area contributed by atoms with Gasteiger partial charge in [-0.25, -0.2) is 4.98 Å². The van der Waals surface area contributed by atoms with Crippen LogP contribution in [0, 0.1) is 0 Å². The van der Waals surface area contributed by atoms with Crippen molar-refractivity contribution in [3.8, 4) is 11.3 Å². The van der Waals surface area contributed by atoms with Gasteiger partial charge in [-0.3, -0.25) is 9.59 Å². The van der Waals surface area contributed by atoms with Gasteiger partial charge in [0.05, 0.1) is 11.2 Å². The van der Waals surface area contributed by atoms with E-state index < -0.39 is 11.6 Å². The van der Waals surface area contributed by atoms with E-state index >= 15 is 0 Å². The molecule has 3 heteroatoms. The second kappa shape index (κ2) is 6.73. The van der Waals surface area contributed by atoms with Crippen LogP contribution in [-0.2, 0) is 0 Å². The first-order valence-corrected chi connectivity index (χ1v) is 8.33. The molecule has 26 heavy (non-hydrogen) atoms. The first kappa shape index (κ1) is 15.9. The first-order valence-electron chi connectivity index (χ1n) is 8.33. The number of carbonyl (C=O) groups excluding carboxylic acids is 2. The number of carbonyl (C=O) groups is 2. The number of hydrogen-bond donors (Lipinski definition) is 0. The Labute approximate surface area is 150 Å². The fourth-order valence-electron chi connectivity index (χ4n) is 2.96. The smallest absolute Gasteiger partial charge is 0.234 e. The van der Waals surface area contributed by atoms with E-state index in [0.29, 0.717) is 22.4 Å². The Kier molecular flexibility index (Phi) is 4.12. The van der Waals surface area contributed by atoms with Crippen LogP contribution < -0.4 is 0 Å². The van der Waals surface area contributed by atoms with Gasteiger partial charge >= 0.3 is 0 Å². The van der Waals surface area contributed by atoms with Gasteiger partial charge in [-0.15, -0.1) is 0 Å². The molecule has 1 heterocycles. The minimum absolute atomic E-state index is 0.365. The maximum absolute atomic E-state index is 12.8. The fourth-order valence-corrected chi connectivity index (χ4v) is 2.96. The molecule has 0 atom stereocenters. The lowest BCUT2D eigenvalue weighted by Crippen LogP contribution is -2.15. The molecule has 3 aromatic carbocycles. The third-order valence-corrected chi connectivity index (χ3v) is 4.29. The summed E-state index contributed by atoms with van der Waals surface area (Å²) in [5.41, 5.74) is 2.94. The number of Topliss-reactive ketones (excluding diaryl/α,β-unsaturated/α-hetero) is 2. The quantitative estimate of drug-likeness (QED) is 0.390. The molecule has 0 aliphatic rings. The van der Waals surface area contributed by atoms with Crippen LogP contribution in [0.5, 0.6) is 0 Å². The maximum atomic E-state index is 12.8. The fraction of sp³-hybridized carbons (Fsp3) is 0. The Morgan fingerprint density at radius 1 is 0.615 bits per heavy atom. The molecule has 0 radical (unpaired) electrons. The van der Waals surface area contributed by atoms with Crippen molar-refractivity contribution in [2.45, 2.75) is 0 Å². The van der Waals surface area contributed by atoms with E-state index in [-0.39, 0.29) is 0 Å². The van der Waals surface area contributed by atoms with E-state index in [9.17, 15) is 9.59 Å². The van der Waals surface area contributed by atoms with Crippen LogP contribution in [0.2, 0.25) is 0 Å². The number of fused-ring (bicyclic) bond motifs is 1. The average molecular weight is 337 g/mol. The molecule has 0 amide bonds. The lowest BCUT2D eigenvalue weighted by atomic mass is 9.95. The SMILES string of the molecule is O=C(C(=O)c1ccccc1-c1ccc2ccccc2n1)c1ccccc1. The van der Waals surface area contributed by atoms with Crippen molar-refractivity contribution in [2.24, 2.45) is 0 Å².